The Morgan fingerprint density at radius 1 is 1.24 bits per heavy atom. The minimum absolute atomic E-state index is 0.0623. The van der Waals surface area contributed by atoms with E-state index in [9.17, 15) is 18.0 Å². The molecule has 0 saturated heterocycles. The van der Waals surface area contributed by atoms with Gasteiger partial charge in [-0.3, -0.25) is 4.79 Å². The molecule has 0 aromatic carbocycles. The topological polar surface area (TPSA) is 105 Å². The zero-order valence-corrected chi connectivity index (χ0v) is 18.8. The summed E-state index contributed by atoms with van der Waals surface area (Å²) in [5.41, 5.74) is 1.31. The molecule has 4 rings (SSSR count). The van der Waals surface area contributed by atoms with Gasteiger partial charge in [-0.25, -0.2) is 15.0 Å². The summed E-state index contributed by atoms with van der Waals surface area (Å²) in [6, 6.07) is -0.150. The molecule has 12 heteroatoms. The van der Waals surface area contributed by atoms with Gasteiger partial charge >= 0.3 is 6.18 Å². The monoisotopic (exact) mass is 465 g/mol. The summed E-state index contributed by atoms with van der Waals surface area (Å²) in [5.74, 6) is 0.508. The molecular formula is C21H26F3N7O2. The van der Waals surface area contributed by atoms with Crippen LogP contribution in [0.5, 0.6) is 5.75 Å². The smallest absolute Gasteiger partial charge is 0.451 e. The molecule has 1 fully saturated rings. The fourth-order valence-corrected chi connectivity index (χ4v) is 4.20. The van der Waals surface area contributed by atoms with Crippen molar-refractivity contribution in [3.05, 3.63) is 23.9 Å². The minimum atomic E-state index is -4.57. The van der Waals surface area contributed by atoms with Gasteiger partial charge in [-0.1, -0.05) is 13.8 Å². The largest absolute Gasteiger partial charge is 0.490 e. The number of halogens is 3. The number of nitrogens with one attached hydrogen (secondary N) is 2. The summed E-state index contributed by atoms with van der Waals surface area (Å²) in [6.07, 6.45) is -0.885. The van der Waals surface area contributed by atoms with Crippen LogP contribution in [0.25, 0.3) is 0 Å². The molecule has 2 aromatic heterocycles. The summed E-state index contributed by atoms with van der Waals surface area (Å²) < 4.78 is 43.1. The molecule has 0 spiro atoms. The first-order valence-corrected chi connectivity index (χ1v) is 10.7. The highest BCUT2D eigenvalue weighted by molar-refractivity contribution is 6.03. The molecule has 1 unspecified atom stereocenters. The van der Waals surface area contributed by atoms with Gasteiger partial charge in [0.15, 0.2) is 11.6 Å². The molecule has 1 atom stereocenters. The molecular weight excluding hydrogens is 439 g/mol. The molecule has 2 aromatic rings. The van der Waals surface area contributed by atoms with E-state index in [-0.39, 0.29) is 35.6 Å². The molecule has 1 saturated carbocycles. The van der Waals surface area contributed by atoms with Crippen LogP contribution in [0.15, 0.2) is 12.4 Å². The van der Waals surface area contributed by atoms with E-state index < -0.39 is 12.0 Å². The number of anilines is 3. The van der Waals surface area contributed by atoms with Crippen LogP contribution in [0.4, 0.5) is 30.6 Å². The normalized spacial score (nSPS) is 22.5. The predicted octanol–water partition coefficient (Wildman–Crippen LogP) is 3.28. The Balaban J connectivity index is 1.32. The van der Waals surface area contributed by atoms with Gasteiger partial charge in [0.2, 0.25) is 17.7 Å². The van der Waals surface area contributed by atoms with Crippen molar-refractivity contribution in [3.63, 3.8) is 0 Å². The van der Waals surface area contributed by atoms with Crippen LogP contribution in [0, 0.1) is 18.8 Å². The van der Waals surface area contributed by atoms with E-state index in [2.05, 4.69) is 30.6 Å². The maximum atomic E-state index is 12.5. The maximum Gasteiger partial charge on any atom is 0.451 e. The number of carbonyl (C=O) groups is 1. The van der Waals surface area contributed by atoms with Gasteiger partial charge in [-0.2, -0.15) is 18.2 Å². The SMILES string of the molecule is Cc1nc(N[C@H]2C[C@@H](COc3cnc(C(F)(F)F)nc3)C2)nc2c1NC(=O)C(C(C)C)N2C. The van der Waals surface area contributed by atoms with Crippen LogP contribution in [-0.2, 0) is 11.0 Å². The van der Waals surface area contributed by atoms with Crippen molar-refractivity contribution in [1.29, 1.82) is 0 Å². The van der Waals surface area contributed by atoms with Crippen LogP contribution in [0.1, 0.15) is 38.2 Å². The van der Waals surface area contributed by atoms with Crippen LogP contribution in [-0.4, -0.2) is 51.6 Å². The first-order chi connectivity index (χ1) is 15.5. The number of ether oxygens (including phenoxy) is 1. The Bertz CT molecular complexity index is 1020. The lowest BCUT2D eigenvalue weighted by molar-refractivity contribution is -0.145. The van der Waals surface area contributed by atoms with Gasteiger partial charge < -0.3 is 20.3 Å². The first-order valence-electron chi connectivity index (χ1n) is 10.7. The lowest BCUT2D eigenvalue weighted by Gasteiger charge is -2.38. The highest BCUT2D eigenvalue weighted by Gasteiger charge is 2.37. The van der Waals surface area contributed by atoms with Gasteiger partial charge in [-0.15, -0.1) is 0 Å². The molecule has 2 N–H and O–H groups in total. The van der Waals surface area contributed by atoms with Gasteiger partial charge in [0, 0.05) is 13.1 Å². The maximum absolute atomic E-state index is 12.5. The molecule has 33 heavy (non-hydrogen) atoms. The molecule has 3 heterocycles. The number of rotatable bonds is 6. The van der Waals surface area contributed by atoms with Crippen LogP contribution in [0.2, 0.25) is 0 Å². The van der Waals surface area contributed by atoms with Gasteiger partial charge in [0.25, 0.3) is 0 Å². The summed E-state index contributed by atoms with van der Waals surface area (Å²) in [5, 5.41) is 6.26. The fourth-order valence-electron chi connectivity index (χ4n) is 4.20. The second-order valence-corrected chi connectivity index (χ2v) is 8.85. The summed E-state index contributed by atoms with van der Waals surface area (Å²) in [6.45, 7) is 6.18. The number of aromatic nitrogens is 4. The van der Waals surface area contributed by atoms with E-state index in [1.165, 1.54) is 0 Å². The number of amides is 1. The van der Waals surface area contributed by atoms with Gasteiger partial charge in [0.05, 0.1) is 24.7 Å². The highest BCUT2D eigenvalue weighted by Crippen LogP contribution is 2.36. The molecule has 0 radical (unpaired) electrons. The molecule has 2 aliphatic rings. The molecule has 0 bridgehead atoms. The van der Waals surface area contributed by atoms with Crippen molar-refractivity contribution in [3.8, 4) is 5.75 Å². The number of likely N-dealkylation sites (N-methyl/N-ethyl adjacent to an activating group) is 1. The third-order valence-electron chi connectivity index (χ3n) is 5.91. The predicted molar refractivity (Wildman–Crippen MR) is 115 cm³/mol. The zero-order valence-electron chi connectivity index (χ0n) is 18.8. The van der Waals surface area contributed by atoms with Crippen molar-refractivity contribution in [2.75, 3.05) is 29.2 Å². The van der Waals surface area contributed by atoms with E-state index in [4.69, 9.17) is 4.74 Å². The number of hydrogen-bond acceptors (Lipinski definition) is 8. The van der Waals surface area contributed by atoms with Crippen LogP contribution >= 0.6 is 0 Å². The molecule has 1 aliphatic carbocycles. The number of fused-ring (bicyclic) bond motifs is 1. The number of nitrogens with zero attached hydrogens (tertiary/aromatic N) is 5. The quantitative estimate of drug-likeness (QED) is 0.670. The van der Waals surface area contributed by atoms with E-state index >= 15 is 0 Å². The Morgan fingerprint density at radius 2 is 1.91 bits per heavy atom. The average molecular weight is 465 g/mol. The summed E-state index contributed by atoms with van der Waals surface area (Å²) >= 11 is 0. The summed E-state index contributed by atoms with van der Waals surface area (Å²) in [7, 11) is 1.86. The number of alkyl halides is 3. The van der Waals surface area contributed by atoms with Crippen molar-refractivity contribution < 1.29 is 22.7 Å². The number of carbonyl (C=O) groups excluding carboxylic acids is 1. The number of hydrogen-bond donors (Lipinski definition) is 2. The number of aryl methyl sites for hydroxylation is 1. The second-order valence-electron chi connectivity index (χ2n) is 8.85. The third kappa shape index (κ3) is 4.79. The first kappa shape index (κ1) is 23.0. The standard InChI is InChI=1S/C21H26F3N7O2/c1-10(2)16-18(32)29-15-11(3)27-20(30-17(15)31(16)4)28-13-5-12(6-13)9-33-14-7-25-19(26-8-14)21(22,23)24/h7-8,10,12-13,16H,5-6,9H2,1-4H3,(H,29,32)(H,27,28,30)/t12-,13+,16?. The van der Waals surface area contributed by atoms with Crippen LogP contribution in [0.3, 0.4) is 0 Å². The third-order valence-corrected chi connectivity index (χ3v) is 5.91. The lowest BCUT2D eigenvalue weighted by Crippen LogP contribution is -2.50. The Hall–Kier alpha value is -3.18. The lowest BCUT2D eigenvalue weighted by atomic mass is 9.81. The summed E-state index contributed by atoms with van der Waals surface area (Å²) in [4.78, 5) is 30.1. The van der Waals surface area contributed by atoms with Gasteiger partial charge in [0.1, 0.15) is 11.7 Å². The average Bonchev–Trinajstić information content (AvgIpc) is 2.70. The van der Waals surface area contributed by atoms with Gasteiger partial charge in [-0.05, 0) is 31.6 Å². The Labute approximate surface area is 189 Å². The fraction of sp³-hybridized carbons (Fsp3) is 0.571. The van der Waals surface area contributed by atoms with E-state index in [0.717, 1.165) is 25.2 Å². The molecule has 1 aliphatic heterocycles. The second kappa shape index (κ2) is 8.64. The van der Waals surface area contributed by atoms with E-state index in [1.807, 2.05) is 32.7 Å². The van der Waals surface area contributed by atoms with Crippen LogP contribution < -0.4 is 20.3 Å². The molecule has 9 nitrogen and oxygen atoms in total. The Kier molecular flexibility index (Phi) is 6.02. The van der Waals surface area contributed by atoms with E-state index in [0.29, 0.717) is 29.8 Å². The van der Waals surface area contributed by atoms with Crippen molar-refractivity contribution in [1.82, 2.24) is 19.9 Å². The minimum Gasteiger partial charge on any atom is -0.490 e. The van der Waals surface area contributed by atoms with Crippen molar-refractivity contribution in [2.24, 2.45) is 11.8 Å². The molecule has 178 valence electrons. The zero-order chi connectivity index (χ0) is 23.9. The highest BCUT2D eigenvalue weighted by atomic mass is 19.4. The van der Waals surface area contributed by atoms with Crippen molar-refractivity contribution in [2.45, 2.75) is 51.9 Å². The van der Waals surface area contributed by atoms with Crippen molar-refractivity contribution >= 4 is 23.4 Å². The molecule has 1 amide bonds. The van der Waals surface area contributed by atoms with E-state index in [1.54, 1.807) is 0 Å². The Morgan fingerprint density at radius 3 is 2.52 bits per heavy atom.